The lowest BCUT2D eigenvalue weighted by Gasteiger charge is -2.32. The molecule has 0 radical (unpaired) electrons. The summed E-state index contributed by atoms with van der Waals surface area (Å²) in [5, 5.41) is 11.7. The van der Waals surface area contributed by atoms with Gasteiger partial charge in [-0.15, -0.1) is 0 Å². The molecule has 0 aromatic rings. The molecule has 1 rings (SSSR count). The summed E-state index contributed by atoms with van der Waals surface area (Å²) >= 11 is 0. The predicted molar refractivity (Wildman–Crippen MR) is 77.9 cm³/mol. The van der Waals surface area contributed by atoms with Crippen LogP contribution in [0.25, 0.3) is 0 Å². The van der Waals surface area contributed by atoms with E-state index in [2.05, 4.69) is 5.32 Å². The smallest absolute Gasteiger partial charge is 0.323 e. The maximum atomic E-state index is 12.5. The Morgan fingerprint density at radius 3 is 2.24 bits per heavy atom. The van der Waals surface area contributed by atoms with Crippen LogP contribution in [0.1, 0.15) is 39.5 Å². The SMILES string of the molecule is CCNC(=O)CN(CC)C(=O)N(CC(=O)O)C1CCCC1. The van der Waals surface area contributed by atoms with E-state index in [-0.39, 0.29) is 31.1 Å². The van der Waals surface area contributed by atoms with Gasteiger partial charge in [0.05, 0.1) is 0 Å². The molecule has 0 saturated heterocycles. The highest BCUT2D eigenvalue weighted by Crippen LogP contribution is 2.24. The summed E-state index contributed by atoms with van der Waals surface area (Å²) in [7, 11) is 0. The number of carboxylic acids is 1. The number of rotatable bonds is 7. The Balaban J connectivity index is 2.75. The van der Waals surface area contributed by atoms with Gasteiger partial charge in [-0.25, -0.2) is 4.79 Å². The summed E-state index contributed by atoms with van der Waals surface area (Å²) in [6.45, 7) is 4.13. The third-order valence-corrected chi connectivity index (χ3v) is 3.68. The molecule has 21 heavy (non-hydrogen) atoms. The number of aliphatic carboxylic acids is 1. The number of carbonyl (C=O) groups is 3. The van der Waals surface area contributed by atoms with E-state index in [1.54, 1.807) is 6.92 Å². The van der Waals surface area contributed by atoms with Crippen LogP contribution in [0.2, 0.25) is 0 Å². The van der Waals surface area contributed by atoms with Gasteiger partial charge in [-0.05, 0) is 26.7 Å². The van der Waals surface area contributed by atoms with Crippen molar-refractivity contribution in [3.8, 4) is 0 Å². The molecule has 0 unspecified atom stereocenters. The normalized spacial score (nSPS) is 14.8. The lowest BCUT2D eigenvalue weighted by Crippen LogP contribution is -2.51. The number of urea groups is 1. The molecule has 0 aliphatic heterocycles. The second kappa shape index (κ2) is 8.49. The van der Waals surface area contributed by atoms with Crippen LogP contribution >= 0.6 is 0 Å². The molecule has 0 spiro atoms. The zero-order valence-corrected chi connectivity index (χ0v) is 12.8. The van der Waals surface area contributed by atoms with Gasteiger partial charge < -0.3 is 20.2 Å². The lowest BCUT2D eigenvalue weighted by molar-refractivity contribution is -0.138. The summed E-state index contributed by atoms with van der Waals surface area (Å²) in [6.07, 6.45) is 3.68. The number of carboxylic acid groups (broad SMARTS) is 1. The van der Waals surface area contributed by atoms with E-state index >= 15 is 0 Å². The van der Waals surface area contributed by atoms with E-state index in [9.17, 15) is 14.4 Å². The van der Waals surface area contributed by atoms with E-state index in [0.717, 1.165) is 25.7 Å². The van der Waals surface area contributed by atoms with Crippen molar-refractivity contribution < 1.29 is 19.5 Å². The molecule has 7 nitrogen and oxygen atoms in total. The van der Waals surface area contributed by atoms with Crippen molar-refractivity contribution >= 4 is 17.9 Å². The Morgan fingerprint density at radius 1 is 1.14 bits per heavy atom. The summed E-state index contributed by atoms with van der Waals surface area (Å²) < 4.78 is 0. The largest absolute Gasteiger partial charge is 0.480 e. The number of amides is 3. The zero-order valence-electron chi connectivity index (χ0n) is 12.8. The molecule has 0 heterocycles. The number of nitrogens with zero attached hydrogens (tertiary/aromatic N) is 2. The van der Waals surface area contributed by atoms with Crippen LogP contribution in [0.4, 0.5) is 4.79 Å². The Hall–Kier alpha value is -1.79. The molecular formula is C14H25N3O4. The van der Waals surface area contributed by atoms with Crippen molar-refractivity contribution in [1.29, 1.82) is 0 Å². The van der Waals surface area contributed by atoms with Gasteiger partial charge in [0.15, 0.2) is 0 Å². The van der Waals surface area contributed by atoms with Crippen molar-refractivity contribution in [3.05, 3.63) is 0 Å². The maximum absolute atomic E-state index is 12.5. The Kier molecular flexibility index (Phi) is 6.98. The monoisotopic (exact) mass is 299 g/mol. The van der Waals surface area contributed by atoms with Crippen molar-refractivity contribution in [1.82, 2.24) is 15.1 Å². The van der Waals surface area contributed by atoms with Gasteiger partial charge in [-0.1, -0.05) is 12.8 Å². The predicted octanol–water partition coefficient (Wildman–Crippen LogP) is 0.894. The van der Waals surface area contributed by atoms with Crippen LogP contribution in [-0.4, -0.2) is 65.0 Å². The first-order valence-corrected chi connectivity index (χ1v) is 7.53. The summed E-state index contributed by atoms with van der Waals surface area (Å²) in [5.41, 5.74) is 0. The number of carbonyl (C=O) groups excluding carboxylic acids is 2. The lowest BCUT2D eigenvalue weighted by atomic mass is 10.2. The van der Waals surface area contributed by atoms with E-state index in [0.29, 0.717) is 13.1 Å². The van der Waals surface area contributed by atoms with Crippen LogP contribution < -0.4 is 5.32 Å². The zero-order chi connectivity index (χ0) is 15.8. The molecule has 1 aliphatic rings. The standard InChI is InChI=1S/C14H25N3O4/c1-3-15-12(18)9-16(4-2)14(21)17(10-13(19)20)11-7-5-6-8-11/h11H,3-10H2,1-2H3,(H,15,18)(H,19,20). The van der Waals surface area contributed by atoms with E-state index in [1.165, 1.54) is 9.80 Å². The highest BCUT2D eigenvalue weighted by molar-refractivity contribution is 5.85. The third-order valence-electron chi connectivity index (χ3n) is 3.68. The highest BCUT2D eigenvalue weighted by Gasteiger charge is 2.31. The van der Waals surface area contributed by atoms with Gasteiger partial charge in [0.2, 0.25) is 5.91 Å². The molecule has 1 aliphatic carbocycles. The van der Waals surface area contributed by atoms with Crippen molar-refractivity contribution in [2.75, 3.05) is 26.2 Å². The van der Waals surface area contributed by atoms with Crippen LogP contribution in [0.15, 0.2) is 0 Å². The van der Waals surface area contributed by atoms with E-state index in [4.69, 9.17) is 5.11 Å². The quantitative estimate of drug-likeness (QED) is 0.730. The molecule has 3 amide bonds. The topological polar surface area (TPSA) is 90.0 Å². The van der Waals surface area contributed by atoms with E-state index < -0.39 is 5.97 Å². The van der Waals surface area contributed by atoms with Crippen LogP contribution in [0, 0.1) is 0 Å². The molecular weight excluding hydrogens is 274 g/mol. The van der Waals surface area contributed by atoms with Gasteiger partial charge >= 0.3 is 12.0 Å². The van der Waals surface area contributed by atoms with Crippen molar-refractivity contribution in [2.45, 2.75) is 45.6 Å². The minimum atomic E-state index is -1.02. The van der Waals surface area contributed by atoms with Crippen LogP contribution in [0.5, 0.6) is 0 Å². The van der Waals surface area contributed by atoms with E-state index in [1.807, 2.05) is 6.92 Å². The van der Waals surface area contributed by atoms with Gasteiger partial charge in [-0.3, -0.25) is 9.59 Å². The Labute approximate surface area is 125 Å². The van der Waals surface area contributed by atoms with Crippen LogP contribution in [0.3, 0.4) is 0 Å². The minimum Gasteiger partial charge on any atom is -0.480 e. The minimum absolute atomic E-state index is 0.0307. The van der Waals surface area contributed by atoms with Crippen molar-refractivity contribution in [3.63, 3.8) is 0 Å². The van der Waals surface area contributed by atoms with Crippen LogP contribution in [-0.2, 0) is 9.59 Å². The Morgan fingerprint density at radius 2 is 1.76 bits per heavy atom. The molecule has 1 fully saturated rings. The molecule has 120 valence electrons. The molecule has 0 bridgehead atoms. The fraction of sp³-hybridized carbons (Fsp3) is 0.786. The van der Waals surface area contributed by atoms with Gasteiger partial charge in [0.25, 0.3) is 0 Å². The molecule has 0 atom stereocenters. The molecule has 0 aromatic heterocycles. The second-order valence-electron chi connectivity index (χ2n) is 5.21. The highest BCUT2D eigenvalue weighted by atomic mass is 16.4. The average Bonchev–Trinajstić information content (AvgIpc) is 2.95. The molecule has 1 saturated carbocycles. The summed E-state index contributed by atoms with van der Waals surface area (Å²) in [4.78, 5) is 38.0. The van der Waals surface area contributed by atoms with Crippen molar-refractivity contribution in [2.24, 2.45) is 0 Å². The first-order valence-electron chi connectivity index (χ1n) is 7.53. The number of likely N-dealkylation sites (N-methyl/N-ethyl adjacent to an activating group) is 2. The summed E-state index contributed by atoms with van der Waals surface area (Å²) in [5.74, 6) is -1.25. The number of hydrogen-bond acceptors (Lipinski definition) is 3. The third kappa shape index (κ3) is 5.24. The summed E-state index contributed by atoms with van der Waals surface area (Å²) in [6, 6.07) is -0.394. The number of nitrogens with one attached hydrogen (secondary N) is 1. The second-order valence-corrected chi connectivity index (χ2v) is 5.21. The fourth-order valence-electron chi connectivity index (χ4n) is 2.64. The fourth-order valence-corrected chi connectivity index (χ4v) is 2.64. The first-order chi connectivity index (χ1) is 9.99. The molecule has 0 aromatic carbocycles. The van der Waals surface area contributed by atoms with Gasteiger partial charge in [-0.2, -0.15) is 0 Å². The number of hydrogen-bond donors (Lipinski definition) is 2. The van der Waals surface area contributed by atoms with Gasteiger partial charge in [0.1, 0.15) is 13.1 Å². The van der Waals surface area contributed by atoms with Gasteiger partial charge in [0, 0.05) is 19.1 Å². The molecule has 2 N–H and O–H groups in total. The molecule has 7 heteroatoms. The average molecular weight is 299 g/mol. The Bertz CT molecular complexity index is 380. The first kappa shape index (κ1) is 17.3. The maximum Gasteiger partial charge on any atom is 0.323 e.